The maximum Gasteiger partial charge on any atom is 0.134 e. The highest BCUT2D eigenvalue weighted by molar-refractivity contribution is 5.56. The Morgan fingerprint density at radius 2 is 1.75 bits per heavy atom. The molecule has 0 aromatic carbocycles. The average Bonchev–Trinajstić information content (AvgIpc) is 2.47. The fourth-order valence-electron chi connectivity index (χ4n) is 1.84. The molecule has 0 aliphatic heterocycles. The lowest BCUT2D eigenvalue weighted by Gasteiger charge is -2.12. The molecule has 2 aromatic heterocycles. The maximum atomic E-state index is 4.30. The van der Waals surface area contributed by atoms with Crippen LogP contribution in [0.15, 0.2) is 24.7 Å². The van der Waals surface area contributed by atoms with Crippen molar-refractivity contribution >= 4 is 11.6 Å². The van der Waals surface area contributed by atoms with Crippen LogP contribution in [-0.4, -0.2) is 21.5 Å². The highest BCUT2D eigenvalue weighted by Crippen LogP contribution is 2.18. The van der Waals surface area contributed by atoms with E-state index in [0.29, 0.717) is 6.54 Å². The molecule has 5 heteroatoms. The van der Waals surface area contributed by atoms with Gasteiger partial charge < -0.3 is 10.6 Å². The molecule has 0 atom stereocenters. The van der Waals surface area contributed by atoms with Crippen LogP contribution in [0.2, 0.25) is 0 Å². The van der Waals surface area contributed by atoms with Gasteiger partial charge in [0.15, 0.2) is 0 Å². The number of aromatic nitrogens is 3. The van der Waals surface area contributed by atoms with Crippen LogP contribution in [0.4, 0.5) is 11.6 Å². The van der Waals surface area contributed by atoms with Crippen LogP contribution in [-0.2, 0) is 6.54 Å². The second kappa shape index (κ2) is 6.84. The van der Waals surface area contributed by atoms with Crippen LogP contribution in [0.1, 0.15) is 30.2 Å². The highest BCUT2D eigenvalue weighted by atomic mass is 15.1. The molecule has 0 amide bonds. The Hall–Kier alpha value is -2.17. The molecule has 0 unspecified atom stereocenters. The Kier molecular flexibility index (Phi) is 4.87. The van der Waals surface area contributed by atoms with Gasteiger partial charge in [0.1, 0.15) is 18.0 Å². The topological polar surface area (TPSA) is 62.7 Å². The number of nitrogens with one attached hydrogen (secondary N) is 2. The molecule has 0 radical (unpaired) electrons. The van der Waals surface area contributed by atoms with Gasteiger partial charge in [-0.25, -0.2) is 9.97 Å². The van der Waals surface area contributed by atoms with Crippen molar-refractivity contribution in [2.45, 2.75) is 33.7 Å². The number of aryl methyl sites for hydroxylation is 1. The zero-order valence-corrected chi connectivity index (χ0v) is 12.3. The lowest BCUT2D eigenvalue weighted by atomic mass is 10.2. The molecule has 20 heavy (non-hydrogen) atoms. The van der Waals surface area contributed by atoms with Crippen LogP contribution in [0.3, 0.4) is 0 Å². The first-order chi connectivity index (χ1) is 9.70. The Morgan fingerprint density at radius 1 is 1.00 bits per heavy atom. The van der Waals surface area contributed by atoms with Gasteiger partial charge in [0.25, 0.3) is 0 Å². The van der Waals surface area contributed by atoms with Crippen LogP contribution in [0.25, 0.3) is 0 Å². The second-order valence-corrected chi connectivity index (χ2v) is 4.78. The number of hydrogen-bond donors (Lipinski definition) is 2. The van der Waals surface area contributed by atoms with Gasteiger partial charge in [-0.15, -0.1) is 0 Å². The number of pyridine rings is 1. The molecule has 0 spiro atoms. The van der Waals surface area contributed by atoms with Gasteiger partial charge in [-0.2, -0.15) is 0 Å². The third kappa shape index (κ3) is 3.66. The SMILES string of the molecule is CCCNc1ncnc(NCc2ccc(C)nc2)c1C. The van der Waals surface area contributed by atoms with E-state index in [1.807, 2.05) is 26.1 Å². The Bertz CT molecular complexity index is 551. The minimum Gasteiger partial charge on any atom is -0.370 e. The minimum absolute atomic E-state index is 0.707. The molecule has 0 saturated heterocycles. The van der Waals surface area contributed by atoms with E-state index in [1.54, 1.807) is 6.33 Å². The first-order valence-electron chi connectivity index (χ1n) is 6.91. The van der Waals surface area contributed by atoms with Crippen molar-refractivity contribution in [3.63, 3.8) is 0 Å². The second-order valence-electron chi connectivity index (χ2n) is 4.78. The summed E-state index contributed by atoms with van der Waals surface area (Å²) in [5.41, 5.74) is 3.20. The number of hydrogen-bond acceptors (Lipinski definition) is 5. The third-order valence-corrected chi connectivity index (χ3v) is 3.06. The van der Waals surface area contributed by atoms with Crippen LogP contribution in [0.5, 0.6) is 0 Å². The van der Waals surface area contributed by atoms with Gasteiger partial charge in [0.05, 0.1) is 0 Å². The van der Waals surface area contributed by atoms with Crippen molar-refractivity contribution in [3.05, 3.63) is 41.5 Å². The molecule has 106 valence electrons. The lowest BCUT2D eigenvalue weighted by Crippen LogP contribution is -2.09. The molecule has 2 N–H and O–H groups in total. The van der Waals surface area contributed by atoms with Gasteiger partial charge in [-0.3, -0.25) is 4.98 Å². The molecule has 0 aliphatic carbocycles. The molecule has 5 nitrogen and oxygen atoms in total. The summed E-state index contributed by atoms with van der Waals surface area (Å²) in [6.45, 7) is 7.76. The minimum atomic E-state index is 0.707. The first kappa shape index (κ1) is 14.2. The number of rotatable bonds is 6. The van der Waals surface area contributed by atoms with Crippen LogP contribution < -0.4 is 10.6 Å². The molecule has 0 fully saturated rings. The molecule has 2 rings (SSSR count). The van der Waals surface area contributed by atoms with E-state index in [2.05, 4.69) is 38.6 Å². The Labute approximate surface area is 119 Å². The Balaban J connectivity index is 2.03. The van der Waals surface area contributed by atoms with E-state index < -0.39 is 0 Å². The maximum absolute atomic E-state index is 4.30. The standard InChI is InChI=1S/C15H21N5/c1-4-7-16-14-12(3)15(20-10-19-14)18-9-13-6-5-11(2)17-8-13/h5-6,8,10H,4,7,9H2,1-3H3,(H2,16,18,19,20). The van der Waals surface area contributed by atoms with E-state index in [-0.39, 0.29) is 0 Å². The summed E-state index contributed by atoms with van der Waals surface area (Å²) in [6.07, 6.45) is 4.54. The first-order valence-corrected chi connectivity index (χ1v) is 6.91. The van der Waals surface area contributed by atoms with Gasteiger partial charge in [-0.05, 0) is 31.9 Å². The van der Waals surface area contributed by atoms with E-state index in [1.165, 1.54) is 0 Å². The molecule has 0 bridgehead atoms. The van der Waals surface area contributed by atoms with E-state index >= 15 is 0 Å². The van der Waals surface area contributed by atoms with E-state index in [0.717, 1.165) is 41.4 Å². The summed E-state index contributed by atoms with van der Waals surface area (Å²) in [6, 6.07) is 4.08. The average molecular weight is 271 g/mol. The van der Waals surface area contributed by atoms with Gasteiger partial charge in [-0.1, -0.05) is 13.0 Å². The molecule has 2 heterocycles. The van der Waals surface area contributed by atoms with Crippen molar-refractivity contribution in [2.24, 2.45) is 0 Å². The monoisotopic (exact) mass is 271 g/mol. The summed E-state index contributed by atoms with van der Waals surface area (Å²) in [5, 5.41) is 6.64. The predicted molar refractivity (Wildman–Crippen MR) is 81.9 cm³/mol. The fourth-order valence-corrected chi connectivity index (χ4v) is 1.84. The lowest BCUT2D eigenvalue weighted by molar-refractivity contribution is 0.956. The highest BCUT2D eigenvalue weighted by Gasteiger charge is 2.06. The molecular weight excluding hydrogens is 250 g/mol. The van der Waals surface area contributed by atoms with Crippen LogP contribution >= 0.6 is 0 Å². The zero-order valence-electron chi connectivity index (χ0n) is 12.3. The van der Waals surface area contributed by atoms with Crippen molar-refractivity contribution in [2.75, 3.05) is 17.2 Å². The number of anilines is 2. The Morgan fingerprint density at radius 3 is 2.40 bits per heavy atom. The largest absolute Gasteiger partial charge is 0.370 e. The molecule has 2 aromatic rings. The van der Waals surface area contributed by atoms with Gasteiger partial charge in [0, 0.05) is 30.5 Å². The third-order valence-electron chi connectivity index (χ3n) is 3.06. The number of nitrogens with zero attached hydrogens (tertiary/aromatic N) is 3. The summed E-state index contributed by atoms with van der Waals surface area (Å²) >= 11 is 0. The van der Waals surface area contributed by atoms with Gasteiger partial charge >= 0.3 is 0 Å². The fraction of sp³-hybridized carbons (Fsp3) is 0.400. The molecular formula is C15H21N5. The van der Waals surface area contributed by atoms with E-state index in [4.69, 9.17) is 0 Å². The predicted octanol–water partition coefficient (Wildman–Crippen LogP) is 2.92. The quantitative estimate of drug-likeness (QED) is 0.845. The molecule has 0 saturated carbocycles. The van der Waals surface area contributed by atoms with Crippen molar-refractivity contribution < 1.29 is 0 Å². The summed E-state index contributed by atoms with van der Waals surface area (Å²) in [5.74, 6) is 1.76. The molecule has 0 aliphatic rings. The van der Waals surface area contributed by atoms with Crippen molar-refractivity contribution in [3.8, 4) is 0 Å². The van der Waals surface area contributed by atoms with E-state index in [9.17, 15) is 0 Å². The smallest absolute Gasteiger partial charge is 0.134 e. The van der Waals surface area contributed by atoms with Crippen LogP contribution in [0, 0.1) is 13.8 Å². The van der Waals surface area contributed by atoms with Crippen molar-refractivity contribution in [1.29, 1.82) is 0 Å². The van der Waals surface area contributed by atoms with Gasteiger partial charge in [0.2, 0.25) is 0 Å². The summed E-state index contributed by atoms with van der Waals surface area (Å²) in [7, 11) is 0. The summed E-state index contributed by atoms with van der Waals surface area (Å²) in [4.78, 5) is 12.9. The van der Waals surface area contributed by atoms with Crippen molar-refractivity contribution in [1.82, 2.24) is 15.0 Å². The summed E-state index contributed by atoms with van der Waals surface area (Å²) < 4.78 is 0. The normalized spacial score (nSPS) is 10.3. The zero-order chi connectivity index (χ0) is 14.4.